The topological polar surface area (TPSA) is 99.0 Å². The monoisotopic (exact) mass is 407 g/mol. The first-order valence-corrected chi connectivity index (χ1v) is 9.89. The van der Waals surface area contributed by atoms with Gasteiger partial charge < -0.3 is 10.1 Å². The summed E-state index contributed by atoms with van der Waals surface area (Å²) in [6, 6.07) is 16.4. The molecule has 3 aromatic rings. The maximum Gasteiger partial charge on any atom is 0.331 e. The number of benzene rings is 2. The molecule has 0 aliphatic rings. The lowest BCUT2D eigenvalue weighted by atomic mass is 9.99. The number of tetrazole rings is 1. The van der Waals surface area contributed by atoms with Crippen molar-refractivity contribution in [3.8, 4) is 0 Å². The molecular formula is C22H25N5O3. The number of rotatable bonds is 9. The summed E-state index contributed by atoms with van der Waals surface area (Å²) in [5.74, 6) is -0.522. The second kappa shape index (κ2) is 10.3. The summed E-state index contributed by atoms with van der Waals surface area (Å²) in [6.45, 7) is 3.90. The van der Waals surface area contributed by atoms with Crippen LogP contribution in [0.5, 0.6) is 0 Å². The largest absolute Gasteiger partial charge is 0.454 e. The minimum Gasteiger partial charge on any atom is -0.454 e. The summed E-state index contributed by atoms with van der Waals surface area (Å²) in [4.78, 5) is 24.9. The highest BCUT2D eigenvalue weighted by atomic mass is 16.5. The van der Waals surface area contributed by atoms with E-state index >= 15 is 0 Å². The molecule has 3 rings (SSSR count). The Morgan fingerprint density at radius 2 is 1.83 bits per heavy atom. The molecule has 0 saturated heterocycles. The molecule has 30 heavy (non-hydrogen) atoms. The predicted octanol–water partition coefficient (Wildman–Crippen LogP) is 3.15. The van der Waals surface area contributed by atoms with Crippen LogP contribution in [0.1, 0.15) is 43.4 Å². The number of ether oxygens (including phenoxy) is 1. The van der Waals surface area contributed by atoms with Crippen LogP contribution in [0.15, 0.2) is 60.9 Å². The van der Waals surface area contributed by atoms with E-state index in [1.165, 1.54) is 16.6 Å². The smallest absolute Gasteiger partial charge is 0.331 e. The Hall–Kier alpha value is -3.55. The fraction of sp³-hybridized carbons (Fsp3) is 0.318. The van der Waals surface area contributed by atoms with Crippen LogP contribution in [0.4, 0.5) is 5.69 Å². The molecule has 8 nitrogen and oxygen atoms in total. The Kier molecular flexibility index (Phi) is 7.26. The average molecular weight is 407 g/mol. The molecule has 2 aromatic carbocycles. The molecule has 2 atom stereocenters. The second-order valence-electron chi connectivity index (χ2n) is 7.08. The molecule has 8 heteroatoms. The lowest BCUT2D eigenvalue weighted by Crippen LogP contribution is -2.28. The van der Waals surface area contributed by atoms with E-state index in [9.17, 15) is 9.59 Å². The average Bonchev–Trinajstić information content (AvgIpc) is 3.31. The van der Waals surface area contributed by atoms with Gasteiger partial charge in [-0.25, -0.2) is 9.48 Å². The molecule has 1 heterocycles. The van der Waals surface area contributed by atoms with Gasteiger partial charge in [-0.1, -0.05) is 56.3 Å². The number of nitrogens with zero attached hydrogens (tertiary/aromatic N) is 4. The quantitative estimate of drug-likeness (QED) is 0.547. The Bertz CT molecular complexity index is 943. The van der Waals surface area contributed by atoms with Gasteiger partial charge in [0, 0.05) is 12.1 Å². The van der Waals surface area contributed by atoms with Crippen LogP contribution in [0, 0.1) is 0 Å². The number of amides is 1. The van der Waals surface area contributed by atoms with E-state index in [2.05, 4.69) is 34.7 Å². The number of anilines is 1. The van der Waals surface area contributed by atoms with Gasteiger partial charge in [-0.05, 0) is 46.0 Å². The Labute approximate surface area is 175 Å². The molecule has 0 radical (unpaired) electrons. The van der Waals surface area contributed by atoms with Gasteiger partial charge in [0.2, 0.25) is 0 Å². The molecule has 1 aromatic heterocycles. The van der Waals surface area contributed by atoms with Crippen molar-refractivity contribution in [2.45, 2.75) is 38.6 Å². The molecule has 0 aliphatic heterocycles. The van der Waals surface area contributed by atoms with Crippen LogP contribution >= 0.6 is 0 Å². The maximum absolute atomic E-state index is 12.6. The van der Waals surface area contributed by atoms with Gasteiger partial charge in [0.05, 0.1) is 0 Å². The first kappa shape index (κ1) is 21.2. The predicted molar refractivity (Wildman–Crippen MR) is 112 cm³/mol. The van der Waals surface area contributed by atoms with Crippen LogP contribution in [0.2, 0.25) is 0 Å². The highest BCUT2D eigenvalue weighted by molar-refractivity contribution is 5.93. The van der Waals surface area contributed by atoms with Crippen molar-refractivity contribution in [3.05, 3.63) is 72.1 Å². The molecular weight excluding hydrogens is 382 g/mol. The molecule has 1 amide bonds. The summed E-state index contributed by atoms with van der Waals surface area (Å²) >= 11 is 0. The van der Waals surface area contributed by atoms with Crippen molar-refractivity contribution in [2.24, 2.45) is 0 Å². The summed E-state index contributed by atoms with van der Waals surface area (Å²) in [5.41, 5.74) is 2.80. The number of aromatic nitrogens is 4. The number of hydrogen-bond acceptors (Lipinski definition) is 6. The maximum atomic E-state index is 12.6. The molecule has 1 N–H and O–H groups in total. The highest BCUT2D eigenvalue weighted by Crippen LogP contribution is 2.20. The van der Waals surface area contributed by atoms with Gasteiger partial charge in [-0.3, -0.25) is 4.79 Å². The van der Waals surface area contributed by atoms with Gasteiger partial charge in [-0.15, -0.1) is 5.10 Å². The lowest BCUT2D eigenvalue weighted by molar-refractivity contribution is -0.151. The third-order valence-corrected chi connectivity index (χ3v) is 4.95. The van der Waals surface area contributed by atoms with Crippen molar-refractivity contribution < 1.29 is 14.3 Å². The van der Waals surface area contributed by atoms with E-state index in [4.69, 9.17) is 4.74 Å². The van der Waals surface area contributed by atoms with E-state index in [0.29, 0.717) is 18.0 Å². The van der Waals surface area contributed by atoms with E-state index in [-0.39, 0.29) is 6.61 Å². The lowest BCUT2D eigenvalue weighted by Gasteiger charge is -2.15. The van der Waals surface area contributed by atoms with E-state index in [1.807, 2.05) is 54.6 Å². The summed E-state index contributed by atoms with van der Waals surface area (Å²) in [5, 5.41) is 13.7. The van der Waals surface area contributed by atoms with Gasteiger partial charge >= 0.3 is 5.97 Å². The third-order valence-electron chi connectivity index (χ3n) is 4.95. The molecule has 0 aliphatic carbocycles. The molecule has 0 bridgehead atoms. The Morgan fingerprint density at radius 3 is 2.47 bits per heavy atom. The normalized spacial score (nSPS) is 12.7. The minimum absolute atomic E-state index is 0.351. The van der Waals surface area contributed by atoms with E-state index < -0.39 is 17.9 Å². The fourth-order valence-electron chi connectivity index (χ4n) is 2.99. The van der Waals surface area contributed by atoms with Crippen LogP contribution in [0.25, 0.3) is 0 Å². The van der Waals surface area contributed by atoms with Crippen molar-refractivity contribution >= 4 is 17.6 Å². The SMILES string of the molecule is CC[C@H](C)c1ccc(NC(=O)COC(=O)[C@@H](Cc2ccccc2)n2cnnn2)cc1. The van der Waals surface area contributed by atoms with Gasteiger partial charge in [0.15, 0.2) is 12.6 Å². The standard InChI is InChI=1S/C22H25N5O3/c1-3-16(2)18-9-11-19(12-10-18)24-21(28)14-30-22(29)20(27-15-23-25-26-27)13-17-7-5-4-6-8-17/h4-12,15-16,20H,3,13-14H2,1-2H3,(H,24,28)/t16-,20+/m0/s1. The Balaban J connectivity index is 1.57. The first-order valence-electron chi connectivity index (χ1n) is 9.89. The molecule has 0 spiro atoms. The van der Waals surface area contributed by atoms with Gasteiger partial charge in [0.1, 0.15) is 6.33 Å². The van der Waals surface area contributed by atoms with Crippen molar-refractivity contribution in [2.75, 3.05) is 11.9 Å². The van der Waals surface area contributed by atoms with Gasteiger partial charge in [0.25, 0.3) is 5.91 Å². The number of hydrogen-bond donors (Lipinski definition) is 1. The summed E-state index contributed by atoms with van der Waals surface area (Å²) in [7, 11) is 0. The van der Waals surface area contributed by atoms with Crippen LogP contribution in [-0.2, 0) is 20.7 Å². The van der Waals surface area contributed by atoms with Crippen molar-refractivity contribution in [1.29, 1.82) is 0 Å². The fourth-order valence-corrected chi connectivity index (χ4v) is 2.99. The van der Waals surface area contributed by atoms with Crippen LogP contribution in [-0.4, -0.2) is 38.7 Å². The first-order chi connectivity index (χ1) is 14.6. The van der Waals surface area contributed by atoms with Crippen molar-refractivity contribution in [1.82, 2.24) is 20.2 Å². The summed E-state index contributed by atoms with van der Waals surface area (Å²) < 4.78 is 6.58. The number of carbonyl (C=O) groups is 2. The van der Waals surface area contributed by atoms with Crippen LogP contribution in [0.3, 0.4) is 0 Å². The highest BCUT2D eigenvalue weighted by Gasteiger charge is 2.24. The zero-order valence-corrected chi connectivity index (χ0v) is 17.1. The van der Waals surface area contributed by atoms with E-state index in [1.54, 1.807) is 0 Å². The second-order valence-corrected chi connectivity index (χ2v) is 7.08. The number of carbonyl (C=O) groups excluding carboxylic acids is 2. The zero-order chi connectivity index (χ0) is 21.3. The summed E-state index contributed by atoms with van der Waals surface area (Å²) in [6.07, 6.45) is 2.75. The van der Waals surface area contributed by atoms with Crippen LogP contribution < -0.4 is 5.32 Å². The zero-order valence-electron chi connectivity index (χ0n) is 17.1. The van der Waals surface area contributed by atoms with Gasteiger partial charge in [-0.2, -0.15) is 0 Å². The molecule has 156 valence electrons. The van der Waals surface area contributed by atoms with Crippen molar-refractivity contribution in [3.63, 3.8) is 0 Å². The van der Waals surface area contributed by atoms with E-state index in [0.717, 1.165) is 12.0 Å². The molecule has 0 fully saturated rings. The Morgan fingerprint density at radius 1 is 1.10 bits per heavy atom. The number of esters is 1. The third kappa shape index (κ3) is 5.73. The minimum atomic E-state index is -0.759. The molecule has 0 saturated carbocycles. The molecule has 0 unspecified atom stereocenters. The number of nitrogens with one attached hydrogen (secondary N) is 1.